The molecule has 2 heteroatoms. The quantitative estimate of drug-likeness (QED) is 0.872. The zero-order valence-corrected chi connectivity index (χ0v) is 12.9. The maximum Gasteiger partial charge on any atom is 0.307 e. The van der Waals surface area contributed by atoms with Crippen LogP contribution >= 0.6 is 0 Å². The van der Waals surface area contributed by atoms with Crippen LogP contribution in [0.1, 0.15) is 63.5 Å². The number of carboxylic acids is 1. The van der Waals surface area contributed by atoms with Gasteiger partial charge < -0.3 is 5.11 Å². The Balaban J connectivity index is 2.02. The molecule has 0 radical (unpaired) electrons. The maximum atomic E-state index is 10.8. The minimum Gasteiger partial charge on any atom is -0.481 e. The van der Waals surface area contributed by atoms with Crippen LogP contribution in [0.25, 0.3) is 0 Å². The van der Waals surface area contributed by atoms with E-state index in [0.29, 0.717) is 11.3 Å². The molecule has 0 bridgehead atoms. The molecule has 0 heterocycles. The van der Waals surface area contributed by atoms with E-state index in [1.807, 2.05) is 12.1 Å². The number of carbonyl (C=O) groups is 1. The second kappa shape index (κ2) is 5.99. The van der Waals surface area contributed by atoms with E-state index >= 15 is 0 Å². The number of carboxylic acid groups (broad SMARTS) is 1. The Labute approximate surface area is 122 Å². The van der Waals surface area contributed by atoms with Crippen molar-refractivity contribution in [2.45, 2.75) is 58.8 Å². The van der Waals surface area contributed by atoms with Gasteiger partial charge in [-0.3, -0.25) is 4.79 Å². The van der Waals surface area contributed by atoms with E-state index in [9.17, 15) is 4.79 Å². The van der Waals surface area contributed by atoms with Crippen LogP contribution in [0.2, 0.25) is 0 Å². The Bertz CT molecular complexity index is 463. The van der Waals surface area contributed by atoms with Gasteiger partial charge in [0.2, 0.25) is 0 Å². The van der Waals surface area contributed by atoms with E-state index in [1.54, 1.807) is 0 Å². The Morgan fingerprint density at radius 1 is 1.20 bits per heavy atom. The maximum absolute atomic E-state index is 10.8. The molecule has 0 saturated heterocycles. The smallest absolute Gasteiger partial charge is 0.307 e. The van der Waals surface area contributed by atoms with Crippen molar-refractivity contribution in [3.8, 4) is 0 Å². The molecule has 1 aliphatic carbocycles. The largest absolute Gasteiger partial charge is 0.481 e. The normalized spacial score (nSPS) is 23.6. The number of aliphatic carboxylic acids is 1. The van der Waals surface area contributed by atoms with Crippen LogP contribution in [0.15, 0.2) is 24.3 Å². The van der Waals surface area contributed by atoms with Gasteiger partial charge in [-0.05, 0) is 54.1 Å². The summed E-state index contributed by atoms with van der Waals surface area (Å²) in [7, 11) is 0. The molecule has 1 aromatic rings. The zero-order chi connectivity index (χ0) is 14.8. The van der Waals surface area contributed by atoms with Gasteiger partial charge in [-0.25, -0.2) is 0 Å². The SMILES string of the molecule is CC(C)(C)C1CCC(c2cccc(CC(=O)O)c2)CC1. The summed E-state index contributed by atoms with van der Waals surface area (Å²) < 4.78 is 0. The van der Waals surface area contributed by atoms with Crippen molar-refractivity contribution < 1.29 is 9.90 Å². The van der Waals surface area contributed by atoms with Crippen molar-refractivity contribution in [2.24, 2.45) is 11.3 Å². The van der Waals surface area contributed by atoms with Gasteiger partial charge in [0.05, 0.1) is 6.42 Å². The van der Waals surface area contributed by atoms with Gasteiger partial charge in [0.1, 0.15) is 0 Å². The third-order valence-corrected chi connectivity index (χ3v) is 4.73. The van der Waals surface area contributed by atoms with Crippen LogP contribution in [0.5, 0.6) is 0 Å². The number of hydrogen-bond acceptors (Lipinski definition) is 1. The van der Waals surface area contributed by atoms with Crippen LogP contribution in [0.3, 0.4) is 0 Å². The van der Waals surface area contributed by atoms with Gasteiger partial charge in [-0.1, -0.05) is 45.0 Å². The van der Waals surface area contributed by atoms with Crippen molar-refractivity contribution in [3.05, 3.63) is 35.4 Å². The number of rotatable bonds is 3. The molecule has 20 heavy (non-hydrogen) atoms. The number of hydrogen-bond donors (Lipinski definition) is 1. The lowest BCUT2D eigenvalue weighted by molar-refractivity contribution is -0.136. The molecule has 2 nitrogen and oxygen atoms in total. The molecule has 2 rings (SSSR count). The Kier molecular flexibility index (Phi) is 4.52. The average molecular weight is 274 g/mol. The summed E-state index contributed by atoms with van der Waals surface area (Å²) in [5.74, 6) is 0.682. The molecule has 1 aliphatic rings. The van der Waals surface area contributed by atoms with Gasteiger partial charge in [0.15, 0.2) is 0 Å². The molecule has 0 spiro atoms. The van der Waals surface area contributed by atoms with E-state index in [0.717, 1.165) is 11.5 Å². The molecule has 110 valence electrons. The van der Waals surface area contributed by atoms with Crippen molar-refractivity contribution in [3.63, 3.8) is 0 Å². The summed E-state index contributed by atoms with van der Waals surface area (Å²) in [6.45, 7) is 7.02. The first-order valence-electron chi connectivity index (χ1n) is 7.67. The number of benzene rings is 1. The Morgan fingerprint density at radius 3 is 2.40 bits per heavy atom. The van der Waals surface area contributed by atoms with Gasteiger partial charge in [-0.15, -0.1) is 0 Å². The summed E-state index contributed by atoms with van der Waals surface area (Å²) in [6.07, 6.45) is 5.18. The highest BCUT2D eigenvalue weighted by atomic mass is 16.4. The minimum atomic E-state index is -0.751. The van der Waals surface area contributed by atoms with E-state index < -0.39 is 5.97 Å². The molecule has 0 unspecified atom stereocenters. The lowest BCUT2D eigenvalue weighted by Gasteiger charge is -2.37. The van der Waals surface area contributed by atoms with Crippen molar-refractivity contribution in [1.29, 1.82) is 0 Å². The summed E-state index contributed by atoms with van der Waals surface area (Å²) in [4.78, 5) is 10.8. The van der Waals surface area contributed by atoms with Gasteiger partial charge in [0, 0.05) is 0 Å². The highest BCUT2D eigenvalue weighted by Gasteiger charge is 2.30. The monoisotopic (exact) mass is 274 g/mol. The Hall–Kier alpha value is -1.31. The lowest BCUT2D eigenvalue weighted by atomic mass is 9.68. The first-order chi connectivity index (χ1) is 9.36. The van der Waals surface area contributed by atoms with Crippen molar-refractivity contribution >= 4 is 5.97 Å². The summed E-state index contributed by atoms with van der Waals surface area (Å²) >= 11 is 0. The van der Waals surface area contributed by atoms with E-state index in [-0.39, 0.29) is 6.42 Å². The lowest BCUT2D eigenvalue weighted by Crippen LogP contribution is -2.25. The molecule has 1 aromatic carbocycles. The van der Waals surface area contributed by atoms with Gasteiger partial charge >= 0.3 is 5.97 Å². The fourth-order valence-corrected chi connectivity index (χ4v) is 3.42. The molecule has 0 aliphatic heterocycles. The van der Waals surface area contributed by atoms with Crippen molar-refractivity contribution in [2.75, 3.05) is 0 Å². The van der Waals surface area contributed by atoms with Crippen LogP contribution < -0.4 is 0 Å². The van der Waals surface area contributed by atoms with E-state index in [4.69, 9.17) is 5.11 Å². The average Bonchev–Trinajstić information content (AvgIpc) is 2.37. The fraction of sp³-hybridized carbons (Fsp3) is 0.611. The molecule has 0 aromatic heterocycles. The molecule has 1 fully saturated rings. The molecular formula is C18H26O2. The molecule has 0 amide bonds. The van der Waals surface area contributed by atoms with E-state index in [2.05, 4.69) is 32.9 Å². The Morgan fingerprint density at radius 2 is 1.85 bits per heavy atom. The molecule has 1 saturated carbocycles. The van der Waals surface area contributed by atoms with Crippen LogP contribution in [-0.2, 0) is 11.2 Å². The second-order valence-corrected chi connectivity index (χ2v) is 7.23. The topological polar surface area (TPSA) is 37.3 Å². The van der Waals surface area contributed by atoms with E-state index in [1.165, 1.54) is 31.2 Å². The third kappa shape index (κ3) is 3.84. The highest BCUT2D eigenvalue weighted by Crippen LogP contribution is 2.43. The van der Waals surface area contributed by atoms with Crippen LogP contribution in [0.4, 0.5) is 0 Å². The molecular weight excluding hydrogens is 248 g/mol. The second-order valence-electron chi connectivity index (χ2n) is 7.23. The van der Waals surface area contributed by atoms with Crippen LogP contribution in [0, 0.1) is 11.3 Å². The minimum absolute atomic E-state index is 0.130. The summed E-state index contributed by atoms with van der Waals surface area (Å²) in [5, 5.41) is 8.89. The molecule has 0 atom stereocenters. The predicted octanol–water partition coefficient (Wildman–Crippen LogP) is 4.63. The summed E-state index contributed by atoms with van der Waals surface area (Å²) in [5.41, 5.74) is 2.67. The van der Waals surface area contributed by atoms with Gasteiger partial charge in [0.25, 0.3) is 0 Å². The first-order valence-corrected chi connectivity index (χ1v) is 7.67. The predicted molar refractivity (Wildman–Crippen MR) is 81.9 cm³/mol. The first kappa shape index (κ1) is 15.1. The van der Waals surface area contributed by atoms with Crippen molar-refractivity contribution in [1.82, 2.24) is 0 Å². The van der Waals surface area contributed by atoms with Gasteiger partial charge in [-0.2, -0.15) is 0 Å². The highest BCUT2D eigenvalue weighted by molar-refractivity contribution is 5.70. The summed E-state index contributed by atoms with van der Waals surface area (Å²) in [6, 6.07) is 8.17. The van der Waals surface area contributed by atoms with Crippen LogP contribution in [-0.4, -0.2) is 11.1 Å². The molecule has 1 N–H and O–H groups in total. The fourth-order valence-electron chi connectivity index (χ4n) is 3.42. The standard InChI is InChI=1S/C18H26O2/c1-18(2,3)16-9-7-14(8-10-16)15-6-4-5-13(11-15)12-17(19)20/h4-6,11,14,16H,7-10,12H2,1-3H3,(H,19,20). The third-order valence-electron chi connectivity index (χ3n) is 4.73. The zero-order valence-electron chi connectivity index (χ0n) is 12.9.